The monoisotopic (exact) mass is 363 g/mol. The van der Waals surface area contributed by atoms with Crippen LogP contribution in [0, 0.1) is 5.92 Å². The first kappa shape index (κ1) is 17.9. The molecule has 1 fully saturated rings. The maximum atomic E-state index is 9.84. The molecule has 4 heteroatoms. The Labute approximate surface area is 161 Å². The van der Waals surface area contributed by atoms with Crippen molar-refractivity contribution in [1.82, 2.24) is 4.90 Å². The molecule has 4 rings (SSSR count). The van der Waals surface area contributed by atoms with Crippen LogP contribution in [0.5, 0.6) is 5.75 Å². The molecular formula is C23H29N3O. The van der Waals surface area contributed by atoms with Gasteiger partial charge in [0.2, 0.25) is 0 Å². The van der Waals surface area contributed by atoms with Gasteiger partial charge >= 0.3 is 0 Å². The highest BCUT2D eigenvalue weighted by molar-refractivity contribution is 5.94. The molecule has 142 valence electrons. The van der Waals surface area contributed by atoms with E-state index in [0.717, 1.165) is 37.6 Å². The smallest absolute Gasteiger partial charge is 0.199 e. The molecule has 0 aromatic heterocycles. The molecule has 1 heterocycles. The quantitative estimate of drug-likeness (QED) is 0.595. The van der Waals surface area contributed by atoms with Crippen LogP contribution in [-0.4, -0.2) is 28.6 Å². The third kappa shape index (κ3) is 4.26. The van der Waals surface area contributed by atoms with Crippen molar-refractivity contribution in [1.29, 1.82) is 0 Å². The lowest BCUT2D eigenvalue weighted by Crippen LogP contribution is -2.41. The van der Waals surface area contributed by atoms with Crippen LogP contribution >= 0.6 is 0 Å². The number of phenols is 1. The van der Waals surface area contributed by atoms with E-state index in [2.05, 4.69) is 41.4 Å². The van der Waals surface area contributed by atoms with Gasteiger partial charge in [-0.2, -0.15) is 0 Å². The van der Waals surface area contributed by atoms with Gasteiger partial charge in [-0.05, 0) is 48.4 Å². The van der Waals surface area contributed by atoms with Gasteiger partial charge in [-0.1, -0.05) is 50.1 Å². The second kappa shape index (κ2) is 8.03. The molecule has 1 saturated carbocycles. The Morgan fingerprint density at radius 1 is 1.07 bits per heavy atom. The first-order valence-electron chi connectivity index (χ1n) is 10.1. The fraction of sp³-hybridized carbons (Fsp3) is 0.435. The van der Waals surface area contributed by atoms with E-state index in [-0.39, 0.29) is 5.75 Å². The van der Waals surface area contributed by atoms with Crippen molar-refractivity contribution in [3.05, 3.63) is 59.7 Å². The molecule has 4 nitrogen and oxygen atoms in total. The number of benzene rings is 2. The van der Waals surface area contributed by atoms with Crippen LogP contribution in [-0.2, 0) is 13.0 Å². The topological polar surface area (TPSA) is 47.9 Å². The average Bonchev–Trinajstić information content (AvgIpc) is 2.69. The summed E-state index contributed by atoms with van der Waals surface area (Å²) in [5.41, 5.74) is 3.71. The number of fused-ring (bicyclic) bond motifs is 1. The molecule has 2 unspecified atom stereocenters. The van der Waals surface area contributed by atoms with Gasteiger partial charge in [0.15, 0.2) is 5.96 Å². The summed E-state index contributed by atoms with van der Waals surface area (Å²) in [6.07, 6.45) is 6.05. The van der Waals surface area contributed by atoms with E-state index >= 15 is 0 Å². The first-order chi connectivity index (χ1) is 13.2. The zero-order valence-electron chi connectivity index (χ0n) is 16.1. The van der Waals surface area contributed by atoms with E-state index in [0.29, 0.717) is 12.0 Å². The van der Waals surface area contributed by atoms with E-state index in [1.165, 1.54) is 30.4 Å². The van der Waals surface area contributed by atoms with Gasteiger partial charge in [0.05, 0.1) is 6.04 Å². The molecule has 1 aliphatic carbocycles. The number of hydrogen-bond donors (Lipinski definition) is 2. The van der Waals surface area contributed by atoms with Gasteiger partial charge in [0.25, 0.3) is 0 Å². The molecule has 0 amide bonds. The Kier molecular flexibility index (Phi) is 5.33. The van der Waals surface area contributed by atoms with Gasteiger partial charge in [0.1, 0.15) is 5.75 Å². The number of aromatic hydroxyl groups is 1. The lowest BCUT2D eigenvalue weighted by atomic mass is 9.86. The van der Waals surface area contributed by atoms with Crippen molar-refractivity contribution < 1.29 is 5.11 Å². The fourth-order valence-electron chi connectivity index (χ4n) is 4.23. The minimum Gasteiger partial charge on any atom is -0.508 e. The first-order valence-corrected chi connectivity index (χ1v) is 10.1. The minimum atomic E-state index is 0.273. The van der Waals surface area contributed by atoms with E-state index in [1.54, 1.807) is 12.1 Å². The lowest BCUT2D eigenvalue weighted by molar-refractivity contribution is 0.323. The molecule has 2 aliphatic rings. The SMILES string of the molecule is CC1CCCCC1N=C(Nc1cccc(O)c1)N1CCc2ccccc2C1. The lowest BCUT2D eigenvalue weighted by Gasteiger charge is -2.34. The van der Waals surface area contributed by atoms with Crippen LogP contribution < -0.4 is 5.32 Å². The van der Waals surface area contributed by atoms with Crippen LogP contribution in [0.15, 0.2) is 53.5 Å². The van der Waals surface area contributed by atoms with Gasteiger partial charge in [-0.15, -0.1) is 0 Å². The van der Waals surface area contributed by atoms with Crippen molar-refractivity contribution in [2.75, 3.05) is 11.9 Å². The third-order valence-electron chi connectivity index (χ3n) is 5.89. The van der Waals surface area contributed by atoms with Crippen molar-refractivity contribution in [2.45, 2.75) is 51.6 Å². The van der Waals surface area contributed by atoms with E-state index in [4.69, 9.17) is 4.99 Å². The molecule has 0 saturated heterocycles. The number of nitrogens with zero attached hydrogens (tertiary/aromatic N) is 2. The number of rotatable bonds is 2. The molecule has 2 aromatic rings. The Morgan fingerprint density at radius 3 is 2.70 bits per heavy atom. The molecule has 0 spiro atoms. The highest BCUT2D eigenvalue weighted by atomic mass is 16.3. The van der Waals surface area contributed by atoms with Gasteiger partial charge < -0.3 is 15.3 Å². The fourth-order valence-corrected chi connectivity index (χ4v) is 4.23. The van der Waals surface area contributed by atoms with Crippen LogP contribution in [0.1, 0.15) is 43.7 Å². The number of guanidine groups is 1. The molecule has 2 aromatic carbocycles. The van der Waals surface area contributed by atoms with Crippen LogP contribution in [0.4, 0.5) is 5.69 Å². The molecule has 1 aliphatic heterocycles. The van der Waals surface area contributed by atoms with Crippen molar-refractivity contribution in [3.8, 4) is 5.75 Å². The number of nitrogens with one attached hydrogen (secondary N) is 1. The second-order valence-electron chi connectivity index (χ2n) is 7.90. The number of hydrogen-bond acceptors (Lipinski definition) is 2. The number of phenolic OH excluding ortho intramolecular Hbond substituents is 1. The predicted octanol–water partition coefficient (Wildman–Crippen LogP) is 4.80. The Hall–Kier alpha value is -2.49. The molecule has 2 atom stereocenters. The van der Waals surface area contributed by atoms with Gasteiger partial charge in [0, 0.05) is 24.8 Å². The van der Waals surface area contributed by atoms with E-state index in [1.807, 2.05) is 12.1 Å². The highest BCUT2D eigenvalue weighted by Crippen LogP contribution is 2.28. The van der Waals surface area contributed by atoms with Crippen LogP contribution in [0.2, 0.25) is 0 Å². The highest BCUT2D eigenvalue weighted by Gasteiger charge is 2.24. The zero-order chi connectivity index (χ0) is 18.6. The number of anilines is 1. The Morgan fingerprint density at radius 2 is 1.89 bits per heavy atom. The summed E-state index contributed by atoms with van der Waals surface area (Å²) in [7, 11) is 0. The predicted molar refractivity (Wildman–Crippen MR) is 111 cm³/mol. The largest absolute Gasteiger partial charge is 0.508 e. The van der Waals surface area contributed by atoms with E-state index < -0.39 is 0 Å². The summed E-state index contributed by atoms with van der Waals surface area (Å²) in [5.74, 6) is 1.83. The molecular weight excluding hydrogens is 334 g/mol. The van der Waals surface area contributed by atoms with Crippen molar-refractivity contribution in [2.24, 2.45) is 10.9 Å². The maximum absolute atomic E-state index is 9.84. The van der Waals surface area contributed by atoms with Crippen molar-refractivity contribution >= 4 is 11.6 Å². The molecule has 0 bridgehead atoms. The summed E-state index contributed by atoms with van der Waals surface area (Å²) in [5, 5.41) is 13.3. The molecule has 2 N–H and O–H groups in total. The summed E-state index contributed by atoms with van der Waals surface area (Å²) in [6, 6.07) is 16.4. The minimum absolute atomic E-state index is 0.273. The molecule has 0 radical (unpaired) electrons. The summed E-state index contributed by atoms with van der Waals surface area (Å²) >= 11 is 0. The van der Waals surface area contributed by atoms with Crippen LogP contribution in [0.3, 0.4) is 0 Å². The second-order valence-corrected chi connectivity index (χ2v) is 7.90. The summed E-state index contributed by atoms with van der Waals surface area (Å²) in [4.78, 5) is 7.54. The normalized spacial score (nSPS) is 23.0. The van der Waals surface area contributed by atoms with Gasteiger partial charge in [-0.25, -0.2) is 4.99 Å². The van der Waals surface area contributed by atoms with Crippen LogP contribution in [0.25, 0.3) is 0 Å². The number of aliphatic imine (C=N–C) groups is 1. The Bertz CT molecular complexity index is 817. The van der Waals surface area contributed by atoms with Crippen molar-refractivity contribution in [3.63, 3.8) is 0 Å². The average molecular weight is 364 g/mol. The van der Waals surface area contributed by atoms with E-state index in [9.17, 15) is 5.11 Å². The summed E-state index contributed by atoms with van der Waals surface area (Å²) < 4.78 is 0. The standard InChI is InChI=1S/C23H29N3O/c1-17-7-2-5-12-22(17)25-23(24-20-10-6-11-21(27)15-20)26-14-13-18-8-3-4-9-19(18)16-26/h3-4,6,8-11,15,17,22,27H,2,5,7,12-14,16H2,1H3,(H,24,25). The maximum Gasteiger partial charge on any atom is 0.199 e. The Balaban J connectivity index is 1.61. The summed E-state index contributed by atoms with van der Waals surface area (Å²) in [6.45, 7) is 4.16. The molecule has 27 heavy (non-hydrogen) atoms. The third-order valence-corrected chi connectivity index (χ3v) is 5.89. The van der Waals surface area contributed by atoms with Gasteiger partial charge in [-0.3, -0.25) is 0 Å². The zero-order valence-corrected chi connectivity index (χ0v) is 16.1.